The molecule has 2 aromatic rings. The van der Waals surface area contributed by atoms with Gasteiger partial charge in [0.15, 0.2) is 0 Å². The second-order valence-corrected chi connectivity index (χ2v) is 6.39. The molecule has 7 heteroatoms. The van der Waals surface area contributed by atoms with E-state index in [0.717, 1.165) is 16.6 Å². The van der Waals surface area contributed by atoms with Gasteiger partial charge in [-0.2, -0.15) is 0 Å². The van der Waals surface area contributed by atoms with Crippen molar-refractivity contribution in [1.29, 1.82) is 0 Å². The lowest BCUT2D eigenvalue weighted by atomic mass is 10.3. The first kappa shape index (κ1) is 13.8. The highest BCUT2D eigenvalue weighted by Crippen LogP contribution is 2.23. The van der Waals surface area contributed by atoms with Crippen LogP contribution in [-0.2, 0) is 10.0 Å². The Kier molecular flexibility index (Phi) is 3.77. The molecular formula is C12H10BrFN2O2S. The second-order valence-electron chi connectivity index (χ2n) is 3.79. The lowest BCUT2D eigenvalue weighted by Crippen LogP contribution is -2.14. The fourth-order valence-electron chi connectivity index (χ4n) is 1.44. The molecule has 0 amide bonds. The molecule has 0 heterocycles. The van der Waals surface area contributed by atoms with Crippen LogP contribution in [0.3, 0.4) is 0 Å². The zero-order chi connectivity index (χ0) is 14.0. The van der Waals surface area contributed by atoms with Crippen LogP contribution in [0, 0.1) is 5.82 Å². The van der Waals surface area contributed by atoms with Crippen LogP contribution in [0.4, 0.5) is 15.8 Å². The molecule has 0 fully saturated rings. The van der Waals surface area contributed by atoms with Gasteiger partial charge in [-0.25, -0.2) is 12.8 Å². The quantitative estimate of drug-likeness (QED) is 0.840. The number of nitrogens with two attached hydrogens (primary N) is 1. The van der Waals surface area contributed by atoms with E-state index in [9.17, 15) is 12.8 Å². The van der Waals surface area contributed by atoms with Gasteiger partial charge >= 0.3 is 0 Å². The van der Waals surface area contributed by atoms with Gasteiger partial charge in [-0.15, -0.1) is 0 Å². The predicted octanol–water partition coefficient (Wildman–Crippen LogP) is 2.97. The zero-order valence-corrected chi connectivity index (χ0v) is 12.0. The largest absolute Gasteiger partial charge is 0.397 e. The Balaban J connectivity index is 2.33. The zero-order valence-electron chi connectivity index (χ0n) is 9.60. The molecule has 0 spiro atoms. The third-order valence-corrected chi connectivity index (χ3v) is 4.29. The maximum Gasteiger partial charge on any atom is 0.261 e. The minimum absolute atomic E-state index is 0.0284. The number of nitrogen functional groups attached to an aromatic ring is 1. The number of hydrogen-bond donors (Lipinski definition) is 2. The number of hydrogen-bond acceptors (Lipinski definition) is 3. The van der Waals surface area contributed by atoms with Gasteiger partial charge in [-0.3, -0.25) is 4.72 Å². The summed E-state index contributed by atoms with van der Waals surface area (Å²) in [4.78, 5) is 0.0967. The van der Waals surface area contributed by atoms with Crippen molar-refractivity contribution in [2.24, 2.45) is 0 Å². The van der Waals surface area contributed by atoms with Crippen molar-refractivity contribution in [2.45, 2.75) is 4.90 Å². The summed E-state index contributed by atoms with van der Waals surface area (Å²) in [5, 5.41) is 0. The summed E-state index contributed by atoms with van der Waals surface area (Å²) in [5.41, 5.74) is 5.73. The number of benzene rings is 2. The molecule has 0 saturated carbocycles. The average Bonchev–Trinajstić information content (AvgIpc) is 2.33. The van der Waals surface area contributed by atoms with Crippen molar-refractivity contribution < 1.29 is 12.8 Å². The predicted molar refractivity (Wildman–Crippen MR) is 75.8 cm³/mol. The molecule has 0 radical (unpaired) electrons. The van der Waals surface area contributed by atoms with Crippen LogP contribution >= 0.6 is 15.9 Å². The molecule has 0 unspecified atom stereocenters. The van der Waals surface area contributed by atoms with Gasteiger partial charge in [0.1, 0.15) is 5.82 Å². The first-order valence-corrected chi connectivity index (χ1v) is 7.49. The van der Waals surface area contributed by atoms with Gasteiger partial charge in [0.05, 0.1) is 16.3 Å². The van der Waals surface area contributed by atoms with E-state index in [0.29, 0.717) is 0 Å². The van der Waals surface area contributed by atoms with Crippen molar-refractivity contribution >= 4 is 37.3 Å². The molecule has 2 aromatic carbocycles. The minimum Gasteiger partial charge on any atom is -0.397 e. The summed E-state index contributed by atoms with van der Waals surface area (Å²) < 4.78 is 40.1. The number of nitrogens with one attached hydrogen (secondary N) is 1. The number of anilines is 2. The Morgan fingerprint density at radius 2 is 1.74 bits per heavy atom. The van der Waals surface area contributed by atoms with Crippen molar-refractivity contribution in [1.82, 2.24) is 0 Å². The van der Waals surface area contributed by atoms with Crippen LogP contribution in [0.5, 0.6) is 0 Å². The number of rotatable bonds is 3. The molecule has 0 aromatic heterocycles. The summed E-state index contributed by atoms with van der Waals surface area (Å²) in [6.07, 6.45) is 0. The van der Waals surface area contributed by atoms with E-state index in [1.807, 2.05) is 0 Å². The van der Waals surface area contributed by atoms with E-state index in [1.165, 1.54) is 18.2 Å². The third-order valence-electron chi connectivity index (χ3n) is 2.38. The van der Waals surface area contributed by atoms with Gasteiger partial charge in [0.25, 0.3) is 10.0 Å². The Bertz CT molecular complexity index is 702. The SMILES string of the molecule is Nc1cc(F)ccc1NS(=O)(=O)c1ccc(Br)cc1. The van der Waals surface area contributed by atoms with Gasteiger partial charge in [0.2, 0.25) is 0 Å². The van der Waals surface area contributed by atoms with Crippen LogP contribution in [-0.4, -0.2) is 8.42 Å². The number of sulfonamides is 1. The summed E-state index contributed by atoms with van der Waals surface area (Å²) in [5.74, 6) is -0.524. The van der Waals surface area contributed by atoms with E-state index in [-0.39, 0.29) is 16.3 Å². The van der Waals surface area contributed by atoms with Crippen molar-refractivity contribution in [2.75, 3.05) is 10.5 Å². The maximum atomic E-state index is 12.9. The molecule has 0 bridgehead atoms. The minimum atomic E-state index is -3.74. The van der Waals surface area contributed by atoms with Crippen LogP contribution < -0.4 is 10.5 Å². The molecule has 0 aliphatic carbocycles. The Morgan fingerprint density at radius 1 is 1.11 bits per heavy atom. The second kappa shape index (κ2) is 5.18. The Morgan fingerprint density at radius 3 is 2.32 bits per heavy atom. The molecule has 0 aliphatic rings. The number of halogens is 2. The molecule has 0 atom stereocenters. The monoisotopic (exact) mass is 344 g/mol. The molecule has 4 nitrogen and oxygen atoms in total. The van der Waals surface area contributed by atoms with Gasteiger partial charge < -0.3 is 5.73 Å². The highest BCUT2D eigenvalue weighted by atomic mass is 79.9. The lowest BCUT2D eigenvalue weighted by molar-refractivity contribution is 0.601. The van der Waals surface area contributed by atoms with E-state index >= 15 is 0 Å². The van der Waals surface area contributed by atoms with Gasteiger partial charge in [-0.1, -0.05) is 15.9 Å². The highest BCUT2D eigenvalue weighted by molar-refractivity contribution is 9.10. The first-order valence-electron chi connectivity index (χ1n) is 5.22. The van der Waals surface area contributed by atoms with E-state index in [4.69, 9.17) is 5.73 Å². The van der Waals surface area contributed by atoms with Crippen molar-refractivity contribution in [3.63, 3.8) is 0 Å². The van der Waals surface area contributed by atoms with Crippen molar-refractivity contribution in [3.8, 4) is 0 Å². The van der Waals surface area contributed by atoms with Gasteiger partial charge in [0, 0.05) is 4.47 Å². The summed E-state index contributed by atoms with van der Waals surface area (Å²) in [6, 6.07) is 9.60. The maximum absolute atomic E-state index is 12.9. The lowest BCUT2D eigenvalue weighted by Gasteiger charge is -2.10. The summed E-state index contributed by atoms with van der Waals surface area (Å²) >= 11 is 3.22. The third kappa shape index (κ3) is 3.24. The molecule has 0 aliphatic heterocycles. The summed E-state index contributed by atoms with van der Waals surface area (Å²) in [7, 11) is -3.74. The van der Waals surface area contributed by atoms with Crippen LogP contribution in [0.15, 0.2) is 51.8 Å². The highest BCUT2D eigenvalue weighted by Gasteiger charge is 2.15. The smallest absolute Gasteiger partial charge is 0.261 e. The normalized spacial score (nSPS) is 11.3. The molecular weight excluding hydrogens is 335 g/mol. The standard InChI is InChI=1S/C12H10BrFN2O2S/c13-8-1-4-10(5-2-8)19(17,18)16-12-6-3-9(14)7-11(12)15/h1-7,16H,15H2. The molecule has 19 heavy (non-hydrogen) atoms. The fourth-order valence-corrected chi connectivity index (χ4v) is 2.80. The average molecular weight is 345 g/mol. The van der Waals surface area contributed by atoms with E-state index in [1.54, 1.807) is 12.1 Å². The fraction of sp³-hybridized carbons (Fsp3) is 0. The van der Waals surface area contributed by atoms with Crippen LogP contribution in [0.25, 0.3) is 0 Å². The molecule has 0 saturated heterocycles. The summed E-state index contributed by atoms with van der Waals surface area (Å²) in [6.45, 7) is 0. The Labute approximate surface area is 118 Å². The first-order chi connectivity index (χ1) is 8.88. The van der Waals surface area contributed by atoms with Crippen LogP contribution in [0.2, 0.25) is 0 Å². The van der Waals surface area contributed by atoms with E-state index < -0.39 is 15.8 Å². The van der Waals surface area contributed by atoms with Crippen LogP contribution in [0.1, 0.15) is 0 Å². The molecule has 100 valence electrons. The molecule has 3 N–H and O–H groups in total. The Hall–Kier alpha value is -1.60. The van der Waals surface area contributed by atoms with Gasteiger partial charge in [-0.05, 0) is 42.5 Å². The van der Waals surface area contributed by atoms with E-state index in [2.05, 4.69) is 20.7 Å². The molecule has 2 rings (SSSR count). The topological polar surface area (TPSA) is 72.2 Å². The van der Waals surface area contributed by atoms with Crippen molar-refractivity contribution in [3.05, 3.63) is 52.8 Å².